The van der Waals surface area contributed by atoms with Crippen molar-refractivity contribution in [3.8, 4) is 11.5 Å². The Morgan fingerprint density at radius 1 is 1.13 bits per heavy atom. The largest absolute Gasteiger partial charge is 0.497 e. The highest BCUT2D eigenvalue weighted by Gasteiger charge is 2.52. The molecule has 23 heavy (non-hydrogen) atoms. The molecular weight excluding hydrogens is 297 g/mol. The highest BCUT2D eigenvalue weighted by molar-refractivity contribution is 6.02. The zero-order valence-corrected chi connectivity index (χ0v) is 13.1. The van der Waals surface area contributed by atoms with Crippen molar-refractivity contribution in [2.24, 2.45) is 0 Å². The lowest BCUT2D eigenvalue weighted by atomic mass is 9.94. The van der Waals surface area contributed by atoms with Gasteiger partial charge in [-0.05, 0) is 31.0 Å². The lowest BCUT2D eigenvalue weighted by Gasteiger charge is -2.18. The van der Waals surface area contributed by atoms with Crippen molar-refractivity contribution in [3.05, 3.63) is 53.8 Å². The molecule has 1 N–H and O–H groups in total. The van der Waals surface area contributed by atoms with E-state index in [-0.39, 0.29) is 11.7 Å². The van der Waals surface area contributed by atoms with Gasteiger partial charge in [0, 0.05) is 11.6 Å². The number of benzene rings is 2. The molecule has 0 heterocycles. The van der Waals surface area contributed by atoms with E-state index in [0.717, 1.165) is 0 Å². The number of halogens is 1. The quantitative estimate of drug-likeness (QED) is 0.918. The summed E-state index contributed by atoms with van der Waals surface area (Å²) >= 11 is 0. The number of amides is 1. The van der Waals surface area contributed by atoms with Crippen LogP contribution in [0.4, 0.5) is 10.1 Å². The van der Waals surface area contributed by atoms with E-state index in [1.807, 2.05) is 0 Å². The Labute approximate surface area is 134 Å². The van der Waals surface area contributed by atoms with Crippen molar-refractivity contribution in [1.29, 1.82) is 0 Å². The molecule has 1 saturated carbocycles. The Morgan fingerprint density at radius 3 is 2.48 bits per heavy atom. The van der Waals surface area contributed by atoms with Gasteiger partial charge in [-0.2, -0.15) is 0 Å². The van der Waals surface area contributed by atoms with E-state index >= 15 is 0 Å². The maximum Gasteiger partial charge on any atom is 0.235 e. The molecule has 1 aliphatic rings. The van der Waals surface area contributed by atoms with Crippen LogP contribution in [-0.4, -0.2) is 20.1 Å². The van der Waals surface area contributed by atoms with Gasteiger partial charge in [0.2, 0.25) is 5.91 Å². The predicted molar refractivity (Wildman–Crippen MR) is 85.5 cm³/mol. The Kier molecular flexibility index (Phi) is 3.94. The van der Waals surface area contributed by atoms with Crippen LogP contribution < -0.4 is 14.8 Å². The molecule has 0 bridgehead atoms. The van der Waals surface area contributed by atoms with Crippen LogP contribution in [0.5, 0.6) is 11.5 Å². The van der Waals surface area contributed by atoms with Crippen LogP contribution in [-0.2, 0) is 10.2 Å². The third-order valence-corrected chi connectivity index (χ3v) is 4.23. The number of rotatable bonds is 5. The van der Waals surface area contributed by atoms with Crippen molar-refractivity contribution < 1.29 is 18.7 Å². The molecule has 2 aromatic carbocycles. The van der Waals surface area contributed by atoms with Crippen LogP contribution in [0, 0.1) is 5.82 Å². The minimum Gasteiger partial charge on any atom is -0.497 e. The van der Waals surface area contributed by atoms with Gasteiger partial charge < -0.3 is 14.8 Å². The van der Waals surface area contributed by atoms with Gasteiger partial charge in [0.15, 0.2) is 0 Å². The summed E-state index contributed by atoms with van der Waals surface area (Å²) in [6, 6.07) is 11.6. The van der Waals surface area contributed by atoms with E-state index in [1.54, 1.807) is 43.5 Å². The Morgan fingerprint density at radius 2 is 1.87 bits per heavy atom. The normalized spacial score (nSPS) is 14.9. The summed E-state index contributed by atoms with van der Waals surface area (Å²) in [6.45, 7) is 0. The SMILES string of the molecule is COc1ccc(NC(=O)C2(c3ccccc3F)CC2)c(OC)c1. The first-order valence-electron chi connectivity index (χ1n) is 7.39. The van der Waals surface area contributed by atoms with E-state index < -0.39 is 5.41 Å². The summed E-state index contributed by atoms with van der Waals surface area (Å²) in [4.78, 5) is 12.7. The van der Waals surface area contributed by atoms with Crippen LogP contribution in [0.15, 0.2) is 42.5 Å². The first-order valence-corrected chi connectivity index (χ1v) is 7.39. The third kappa shape index (κ3) is 2.74. The average Bonchev–Trinajstić information content (AvgIpc) is 3.37. The van der Waals surface area contributed by atoms with Gasteiger partial charge >= 0.3 is 0 Å². The molecule has 2 aromatic rings. The van der Waals surface area contributed by atoms with Gasteiger partial charge in [0.1, 0.15) is 17.3 Å². The molecule has 3 rings (SSSR count). The van der Waals surface area contributed by atoms with Gasteiger partial charge in [-0.15, -0.1) is 0 Å². The van der Waals surface area contributed by atoms with Gasteiger partial charge in [-0.1, -0.05) is 18.2 Å². The number of carbonyl (C=O) groups excluding carboxylic acids is 1. The summed E-state index contributed by atoms with van der Waals surface area (Å²) in [5.74, 6) is 0.574. The highest BCUT2D eigenvalue weighted by atomic mass is 19.1. The Bertz CT molecular complexity index is 741. The molecule has 1 fully saturated rings. The van der Waals surface area contributed by atoms with Gasteiger partial charge in [0.25, 0.3) is 0 Å². The second-order valence-electron chi connectivity index (χ2n) is 5.58. The summed E-state index contributed by atoms with van der Waals surface area (Å²) in [5.41, 5.74) is 0.210. The van der Waals surface area contributed by atoms with Crippen LogP contribution in [0.1, 0.15) is 18.4 Å². The molecule has 0 unspecified atom stereocenters. The van der Waals surface area contributed by atoms with Crippen LogP contribution >= 0.6 is 0 Å². The first-order chi connectivity index (χ1) is 11.1. The van der Waals surface area contributed by atoms with Crippen molar-refractivity contribution in [2.45, 2.75) is 18.3 Å². The topological polar surface area (TPSA) is 47.6 Å². The Balaban J connectivity index is 1.87. The van der Waals surface area contributed by atoms with E-state index in [4.69, 9.17) is 9.47 Å². The average molecular weight is 315 g/mol. The zero-order valence-electron chi connectivity index (χ0n) is 13.1. The van der Waals surface area contributed by atoms with Crippen LogP contribution in [0.3, 0.4) is 0 Å². The summed E-state index contributed by atoms with van der Waals surface area (Å²) in [6.07, 6.45) is 1.27. The molecule has 120 valence electrons. The molecule has 1 amide bonds. The number of hydrogen-bond donors (Lipinski definition) is 1. The minimum atomic E-state index is -0.781. The van der Waals surface area contributed by atoms with Crippen molar-refractivity contribution in [3.63, 3.8) is 0 Å². The third-order valence-electron chi connectivity index (χ3n) is 4.23. The molecule has 0 atom stereocenters. The number of ether oxygens (including phenoxy) is 2. The fourth-order valence-corrected chi connectivity index (χ4v) is 2.74. The molecule has 0 saturated heterocycles. The lowest BCUT2D eigenvalue weighted by molar-refractivity contribution is -0.118. The van der Waals surface area contributed by atoms with Crippen molar-refractivity contribution >= 4 is 11.6 Å². The molecule has 1 aliphatic carbocycles. The molecule has 0 aliphatic heterocycles. The van der Waals surface area contributed by atoms with Gasteiger partial charge in [-0.25, -0.2) is 4.39 Å². The maximum atomic E-state index is 14.0. The van der Waals surface area contributed by atoms with E-state index in [0.29, 0.717) is 35.6 Å². The summed E-state index contributed by atoms with van der Waals surface area (Å²) in [7, 11) is 3.08. The number of anilines is 1. The van der Waals surface area contributed by atoms with E-state index in [9.17, 15) is 9.18 Å². The first kappa shape index (κ1) is 15.3. The molecular formula is C18H18FNO3. The highest BCUT2D eigenvalue weighted by Crippen LogP contribution is 2.50. The van der Waals surface area contributed by atoms with E-state index in [1.165, 1.54) is 13.2 Å². The molecule has 0 aromatic heterocycles. The molecule has 4 nitrogen and oxygen atoms in total. The minimum absolute atomic E-state index is 0.217. The number of methoxy groups -OCH3 is 2. The van der Waals surface area contributed by atoms with Crippen molar-refractivity contribution in [2.75, 3.05) is 19.5 Å². The molecule has 0 spiro atoms. The summed E-state index contributed by atoms with van der Waals surface area (Å²) < 4.78 is 24.5. The lowest BCUT2D eigenvalue weighted by Crippen LogP contribution is -2.28. The monoisotopic (exact) mass is 315 g/mol. The fraction of sp³-hybridized carbons (Fsp3) is 0.278. The second kappa shape index (κ2) is 5.91. The van der Waals surface area contributed by atoms with E-state index in [2.05, 4.69) is 5.32 Å². The van der Waals surface area contributed by atoms with Crippen LogP contribution in [0.2, 0.25) is 0 Å². The standard InChI is InChI=1S/C18H18FNO3/c1-22-12-7-8-15(16(11-12)23-2)20-17(21)18(9-10-18)13-5-3-4-6-14(13)19/h3-8,11H,9-10H2,1-2H3,(H,20,21). The smallest absolute Gasteiger partial charge is 0.235 e. The molecule has 5 heteroatoms. The van der Waals surface area contributed by atoms with Gasteiger partial charge in [-0.3, -0.25) is 4.79 Å². The maximum absolute atomic E-state index is 14.0. The number of nitrogens with one attached hydrogen (secondary N) is 1. The number of carbonyl (C=O) groups is 1. The fourth-order valence-electron chi connectivity index (χ4n) is 2.74. The zero-order chi connectivity index (χ0) is 16.4. The molecule has 0 radical (unpaired) electrons. The Hall–Kier alpha value is -2.56. The summed E-state index contributed by atoms with van der Waals surface area (Å²) in [5, 5.41) is 2.86. The van der Waals surface area contributed by atoms with Crippen LogP contribution in [0.25, 0.3) is 0 Å². The predicted octanol–water partition coefficient (Wildman–Crippen LogP) is 3.51. The second-order valence-corrected chi connectivity index (χ2v) is 5.58. The van der Waals surface area contributed by atoms with Gasteiger partial charge in [0.05, 0.1) is 25.3 Å². The number of hydrogen-bond acceptors (Lipinski definition) is 3. The van der Waals surface area contributed by atoms with Crippen molar-refractivity contribution in [1.82, 2.24) is 0 Å².